The number of hydrogen-bond acceptors (Lipinski definition) is 7. The van der Waals surface area contributed by atoms with Gasteiger partial charge in [-0.2, -0.15) is 0 Å². The Hall–Kier alpha value is -4.49. The van der Waals surface area contributed by atoms with Crippen LogP contribution < -0.4 is 10.6 Å². The first-order chi connectivity index (χ1) is 25.3. The zero-order valence-electron chi connectivity index (χ0n) is 31.3. The zero-order valence-corrected chi connectivity index (χ0v) is 31.3. The third-order valence-electron chi connectivity index (χ3n) is 9.14. The van der Waals surface area contributed by atoms with Gasteiger partial charge in [-0.3, -0.25) is 28.8 Å². The molecular formula is C39H61N3O11. The molecule has 6 N–H and O–H groups in total. The molecule has 0 unspecified atom stereocenters. The second-order valence-corrected chi connectivity index (χ2v) is 13.8. The van der Waals surface area contributed by atoms with Crippen molar-refractivity contribution in [2.45, 2.75) is 148 Å². The van der Waals surface area contributed by atoms with E-state index in [1.165, 1.54) is 29.9 Å². The average Bonchev–Trinajstić information content (AvgIpc) is 3.11. The van der Waals surface area contributed by atoms with E-state index >= 15 is 0 Å². The van der Waals surface area contributed by atoms with E-state index in [9.17, 15) is 43.8 Å². The number of carboxylic acids is 4. The van der Waals surface area contributed by atoms with Crippen molar-refractivity contribution in [3.05, 3.63) is 35.4 Å². The smallest absolute Gasteiger partial charge is 0.326 e. The fourth-order valence-electron chi connectivity index (χ4n) is 5.77. The lowest BCUT2D eigenvalue weighted by molar-refractivity contribution is -0.142. The fourth-order valence-corrected chi connectivity index (χ4v) is 5.77. The van der Waals surface area contributed by atoms with Gasteiger partial charge in [-0.15, -0.1) is 0 Å². The van der Waals surface area contributed by atoms with Crippen LogP contribution in [0.4, 0.5) is 0 Å². The predicted octanol–water partition coefficient (Wildman–Crippen LogP) is 6.01. The highest BCUT2D eigenvalue weighted by atomic mass is 16.4. The van der Waals surface area contributed by atoms with Gasteiger partial charge < -0.3 is 36.0 Å². The van der Waals surface area contributed by atoms with E-state index in [0.717, 1.165) is 57.8 Å². The van der Waals surface area contributed by atoms with Crippen molar-refractivity contribution in [2.24, 2.45) is 5.92 Å². The van der Waals surface area contributed by atoms with E-state index in [1.54, 1.807) is 19.1 Å². The van der Waals surface area contributed by atoms with Crippen LogP contribution in [-0.2, 0) is 35.3 Å². The van der Waals surface area contributed by atoms with Gasteiger partial charge in [0.15, 0.2) is 0 Å². The van der Waals surface area contributed by atoms with Crippen LogP contribution >= 0.6 is 0 Å². The number of aliphatic carboxylic acids is 4. The van der Waals surface area contributed by atoms with E-state index < -0.39 is 41.7 Å². The average molecular weight is 748 g/mol. The van der Waals surface area contributed by atoms with Gasteiger partial charge in [0.05, 0.1) is 12.3 Å². The van der Waals surface area contributed by atoms with Crippen molar-refractivity contribution >= 4 is 41.6 Å². The van der Waals surface area contributed by atoms with E-state index in [1.807, 2.05) is 0 Å². The molecule has 0 radical (unpaired) electrons. The number of carbonyl (C=O) groups excluding carboxylic acids is 3. The molecule has 1 aromatic carbocycles. The number of carboxylic acid groups (broad SMARTS) is 4. The summed E-state index contributed by atoms with van der Waals surface area (Å²) in [5.74, 6) is -5.51. The maximum absolute atomic E-state index is 13.0. The van der Waals surface area contributed by atoms with Crippen molar-refractivity contribution in [2.75, 3.05) is 13.1 Å². The molecule has 1 aromatic rings. The Bertz CT molecular complexity index is 1290. The van der Waals surface area contributed by atoms with Crippen LogP contribution in [0.1, 0.15) is 151 Å². The molecule has 53 heavy (non-hydrogen) atoms. The number of amides is 3. The quantitative estimate of drug-likeness (QED) is 0.0468. The maximum Gasteiger partial charge on any atom is 0.326 e. The minimum Gasteiger partial charge on any atom is -0.481 e. The Balaban J connectivity index is 2.46. The Labute approximate surface area is 313 Å². The van der Waals surface area contributed by atoms with E-state index in [0.29, 0.717) is 44.2 Å². The van der Waals surface area contributed by atoms with Gasteiger partial charge in [0.2, 0.25) is 11.8 Å². The standard InChI is InChI=1S/C39H61N3O11/c1-29(38(50)51)16-14-15-26-40-33(43)24-23-32(39(52)53)41-37(49)31-21-19-30(20-22-31)28-42(27-25-36(47)48)34(44)17-12-10-8-6-4-2-3-5-7-9-11-13-18-35(45)46/h19-22,29,32H,2-18,23-28H2,1H3,(H,40,43)(H,41,49)(H,45,46)(H,47,48)(H,50,51)(H,52,53)/t29-,32+/m0/s1. The van der Waals surface area contributed by atoms with Crippen LogP contribution in [0, 0.1) is 5.92 Å². The summed E-state index contributed by atoms with van der Waals surface area (Å²) in [5, 5.41) is 41.5. The Morgan fingerprint density at radius 1 is 0.604 bits per heavy atom. The van der Waals surface area contributed by atoms with Gasteiger partial charge in [-0.05, 0) is 49.8 Å². The highest BCUT2D eigenvalue weighted by Crippen LogP contribution is 2.15. The van der Waals surface area contributed by atoms with Gasteiger partial charge in [-0.25, -0.2) is 4.79 Å². The number of carbonyl (C=O) groups is 7. The van der Waals surface area contributed by atoms with Gasteiger partial charge in [-0.1, -0.05) is 89.7 Å². The van der Waals surface area contributed by atoms with Crippen LogP contribution in [0.3, 0.4) is 0 Å². The largest absolute Gasteiger partial charge is 0.481 e. The molecule has 0 aromatic heterocycles. The van der Waals surface area contributed by atoms with Crippen LogP contribution in [0.25, 0.3) is 0 Å². The number of rotatable bonds is 32. The van der Waals surface area contributed by atoms with Crippen molar-refractivity contribution < 1.29 is 54.0 Å². The molecule has 0 spiro atoms. The first-order valence-electron chi connectivity index (χ1n) is 19.1. The summed E-state index contributed by atoms with van der Waals surface area (Å²) in [6, 6.07) is 4.98. The molecular weight excluding hydrogens is 686 g/mol. The minimum absolute atomic E-state index is 0.0494. The summed E-state index contributed by atoms with van der Waals surface area (Å²) >= 11 is 0. The second kappa shape index (κ2) is 28.1. The molecule has 2 atom stereocenters. The Kier molecular flexibility index (Phi) is 24.6. The molecule has 0 saturated heterocycles. The van der Waals surface area contributed by atoms with E-state index in [4.69, 9.17) is 10.2 Å². The number of hydrogen-bond donors (Lipinski definition) is 6. The summed E-state index contributed by atoms with van der Waals surface area (Å²) in [6.45, 7) is 2.17. The Morgan fingerprint density at radius 3 is 1.64 bits per heavy atom. The van der Waals surface area contributed by atoms with Gasteiger partial charge in [0, 0.05) is 44.5 Å². The molecule has 0 heterocycles. The molecule has 298 valence electrons. The molecule has 14 nitrogen and oxygen atoms in total. The molecule has 0 fully saturated rings. The topological polar surface area (TPSA) is 228 Å². The van der Waals surface area contributed by atoms with Crippen LogP contribution in [0.5, 0.6) is 0 Å². The number of unbranched alkanes of at least 4 members (excludes halogenated alkanes) is 12. The summed E-state index contributed by atoms with van der Waals surface area (Å²) in [4.78, 5) is 84.0. The lowest BCUT2D eigenvalue weighted by Gasteiger charge is -2.22. The molecule has 0 aliphatic carbocycles. The number of benzene rings is 1. The molecule has 3 amide bonds. The monoisotopic (exact) mass is 747 g/mol. The number of nitrogens with zero attached hydrogens (tertiary/aromatic N) is 1. The molecule has 1 rings (SSSR count). The molecule has 0 aliphatic rings. The first-order valence-corrected chi connectivity index (χ1v) is 19.1. The van der Waals surface area contributed by atoms with Gasteiger partial charge in [0.25, 0.3) is 5.91 Å². The van der Waals surface area contributed by atoms with E-state index in [-0.39, 0.29) is 56.2 Å². The van der Waals surface area contributed by atoms with Crippen LogP contribution in [0.2, 0.25) is 0 Å². The SMILES string of the molecule is C[C@@H](CCCCNC(=O)CC[C@@H](NC(=O)c1ccc(CN(CCC(=O)O)C(=O)CCCCCCCCCCCCCCC(=O)O)cc1)C(=O)O)C(=O)O. The van der Waals surface area contributed by atoms with Crippen molar-refractivity contribution in [1.82, 2.24) is 15.5 Å². The lowest BCUT2D eigenvalue weighted by Crippen LogP contribution is -2.41. The molecule has 0 saturated carbocycles. The normalized spacial score (nSPS) is 12.0. The lowest BCUT2D eigenvalue weighted by atomic mass is 10.0. The Morgan fingerprint density at radius 2 is 1.13 bits per heavy atom. The second-order valence-electron chi connectivity index (χ2n) is 13.8. The molecule has 0 bridgehead atoms. The summed E-state index contributed by atoms with van der Waals surface area (Å²) in [5.41, 5.74) is 0.876. The highest BCUT2D eigenvalue weighted by Gasteiger charge is 2.22. The summed E-state index contributed by atoms with van der Waals surface area (Å²) in [6.07, 6.45) is 14.1. The highest BCUT2D eigenvalue weighted by molar-refractivity contribution is 5.96. The zero-order chi connectivity index (χ0) is 39.4. The minimum atomic E-state index is -1.30. The molecule has 0 aliphatic heterocycles. The maximum atomic E-state index is 13.0. The van der Waals surface area contributed by atoms with E-state index in [2.05, 4.69) is 10.6 Å². The molecule has 14 heteroatoms. The van der Waals surface area contributed by atoms with Crippen molar-refractivity contribution in [3.63, 3.8) is 0 Å². The van der Waals surface area contributed by atoms with Crippen LogP contribution in [0.15, 0.2) is 24.3 Å². The summed E-state index contributed by atoms with van der Waals surface area (Å²) in [7, 11) is 0. The fraction of sp³-hybridized carbons (Fsp3) is 0.667. The third-order valence-corrected chi connectivity index (χ3v) is 9.14. The summed E-state index contributed by atoms with van der Waals surface area (Å²) < 4.78 is 0. The van der Waals surface area contributed by atoms with Crippen molar-refractivity contribution in [1.29, 1.82) is 0 Å². The third kappa shape index (κ3) is 23.6. The van der Waals surface area contributed by atoms with Crippen LogP contribution in [-0.4, -0.2) is 86.1 Å². The van der Waals surface area contributed by atoms with Gasteiger partial charge in [0.1, 0.15) is 6.04 Å². The predicted molar refractivity (Wildman–Crippen MR) is 198 cm³/mol. The van der Waals surface area contributed by atoms with Crippen molar-refractivity contribution in [3.8, 4) is 0 Å². The first kappa shape index (κ1) is 46.5. The number of nitrogens with one attached hydrogen (secondary N) is 2. The van der Waals surface area contributed by atoms with Gasteiger partial charge >= 0.3 is 23.9 Å².